The number of carbonyl (C=O) groups is 1. The molecular formula is C16H18N2O2S. The second kappa shape index (κ2) is 7.13. The molecule has 0 aliphatic rings. The van der Waals surface area contributed by atoms with Crippen LogP contribution in [0, 0.1) is 0 Å². The summed E-state index contributed by atoms with van der Waals surface area (Å²) in [6.07, 6.45) is 1.79. The van der Waals surface area contributed by atoms with E-state index in [-0.39, 0.29) is 11.5 Å². The van der Waals surface area contributed by atoms with Gasteiger partial charge in [0.1, 0.15) is 0 Å². The zero-order valence-corrected chi connectivity index (χ0v) is 12.9. The molecule has 1 aromatic carbocycles. The summed E-state index contributed by atoms with van der Waals surface area (Å²) in [7, 11) is 1.74. The van der Waals surface area contributed by atoms with Crippen LogP contribution < -0.4 is 10.9 Å². The molecule has 1 amide bonds. The van der Waals surface area contributed by atoms with E-state index in [4.69, 9.17) is 0 Å². The predicted molar refractivity (Wildman–Crippen MR) is 87.4 cm³/mol. The Hall–Kier alpha value is -2.01. The average Bonchev–Trinajstić information content (AvgIpc) is 2.42. The highest BCUT2D eigenvalue weighted by Gasteiger charge is 2.00. The molecular weight excluding hydrogens is 284 g/mol. The Kier molecular flexibility index (Phi) is 5.22. The number of pyridine rings is 1. The fraction of sp³-hybridized carbons (Fsp3) is 0.250. The van der Waals surface area contributed by atoms with E-state index in [0.29, 0.717) is 0 Å². The highest BCUT2D eigenvalue weighted by atomic mass is 32.2. The van der Waals surface area contributed by atoms with Crippen molar-refractivity contribution in [2.45, 2.75) is 18.4 Å². The third-order valence-corrected chi connectivity index (χ3v) is 4.03. The summed E-state index contributed by atoms with van der Waals surface area (Å²) < 4.78 is 1.56. The van der Waals surface area contributed by atoms with Gasteiger partial charge in [0.15, 0.2) is 0 Å². The van der Waals surface area contributed by atoms with Crippen LogP contribution in [-0.2, 0) is 23.3 Å². The molecule has 0 radical (unpaired) electrons. The number of hydrogen-bond acceptors (Lipinski definition) is 3. The van der Waals surface area contributed by atoms with Crippen molar-refractivity contribution in [2.24, 2.45) is 7.05 Å². The Bertz CT molecular complexity index is 695. The molecule has 2 rings (SSSR count). The van der Waals surface area contributed by atoms with E-state index >= 15 is 0 Å². The topological polar surface area (TPSA) is 51.1 Å². The molecule has 5 heteroatoms. The zero-order chi connectivity index (χ0) is 15.2. The highest BCUT2D eigenvalue weighted by molar-refractivity contribution is 7.97. The smallest absolute Gasteiger partial charge is 0.250 e. The van der Waals surface area contributed by atoms with Crippen LogP contribution in [0.4, 0.5) is 5.69 Å². The van der Waals surface area contributed by atoms with Crippen LogP contribution in [0.15, 0.2) is 47.4 Å². The standard InChI is InChI=1S/C16H18N2O2S/c1-12(19)17-15-5-3-4-13(8-15)10-21-11-14-6-7-18(2)16(20)9-14/h3-9H,10-11H2,1-2H3,(H,17,19). The maximum absolute atomic E-state index is 11.5. The summed E-state index contributed by atoms with van der Waals surface area (Å²) in [6, 6.07) is 11.4. The summed E-state index contributed by atoms with van der Waals surface area (Å²) in [5.41, 5.74) is 3.01. The van der Waals surface area contributed by atoms with Crippen LogP contribution in [-0.4, -0.2) is 10.5 Å². The van der Waals surface area contributed by atoms with E-state index in [2.05, 4.69) is 5.32 Å². The number of thioether (sulfide) groups is 1. The molecule has 110 valence electrons. The molecule has 1 heterocycles. The molecule has 0 aliphatic heterocycles. The number of rotatable bonds is 5. The van der Waals surface area contributed by atoms with Gasteiger partial charge in [-0.1, -0.05) is 12.1 Å². The van der Waals surface area contributed by atoms with Crippen molar-refractivity contribution in [3.05, 3.63) is 64.1 Å². The number of amides is 1. The van der Waals surface area contributed by atoms with Crippen molar-refractivity contribution in [1.82, 2.24) is 4.57 Å². The van der Waals surface area contributed by atoms with E-state index in [1.54, 1.807) is 35.6 Å². The first-order valence-electron chi connectivity index (χ1n) is 6.64. The van der Waals surface area contributed by atoms with E-state index in [9.17, 15) is 9.59 Å². The van der Waals surface area contributed by atoms with Crippen LogP contribution in [0.3, 0.4) is 0 Å². The number of benzene rings is 1. The SMILES string of the molecule is CC(=O)Nc1cccc(CSCc2ccn(C)c(=O)c2)c1. The van der Waals surface area contributed by atoms with Gasteiger partial charge in [0.25, 0.3) is 5.56 Å². The zero-order valence-electron chi connectivity index (χ0n) is 12.1. The van der Waals surface area contributed by atoms with Crippen LogP contribution in [0.1, 0.15) is 18.1 Å². The van der Waals surface area contributed by atoms with Gasteiger partial charge in [0.2, 0.25) is 5.91 Å². The molecule has 0 bridgehead atoms. The molecule has 0 unspecified atom stereocenters. The van der Waals surface area contributed by atoms with Crippen molar-refractivity contribution in [2.75, 3.05) is 5.32 Å². The van der Waals surface area contributed by atoms with E-state index in [1.807, 2.05) is 30.3 Å². The molecule has 1 N–H and O–H groups in total. The van der Waals surface area contributed by atoms with Crippen LogP contribution in [0.5, 0.6) is 0 Å². The van der Waals surface area contributed by atoms with Crippen LogP contribution in [0.25, 0.3) is 0 Å². The molecule has 2 aromatic rings. The quantitative estimate of drug-likeness (QED) is 0.924. The van der Waals surface area contributed by atoms with E-state index in [0.717, 1.165) is 28.3 Å². The minimum absolute atomic E-state index is 0.0146. The second-order valence-electron chi connectivity index (χ2n) is 4.86. The minimum atomic E-state index is -0.0695. The largest absolute Gasteiger partial charge is 0.326 e. The fourth-order valence-electron chi connectivity index (χ4n) is 1.91. The summed E-state index contributed by atoms with van der Waals surface area (Å²) in [4.78, 5) is 22.6. The number of nitrogens with one attached hydrogen (secondary N) is 1. The first-order valence-corrected chi connectivity index (χ1v) is 7.80. The molecule has 1 aromatic heterocycles. The second-order valence-corrected chi connectivity index (χ2v) is 5.84. The Morgan fingerprint density at radius 3 is 2.57 bits per heavy atom. The van der Waals surface area contributed by atoms with Gasteiger partial charge in [-0.05, 0) is 29.3 Å². The molecule has 0 atom stereocenters. The monoisotopic (exact) mass is 302 g/mol. The Labute approximate surface area is 128 Å². The van der Waals surface area contributed by atoms with Crippen molar-refractivity contribution < 1.29 is 4.79 Å². The lowest BCUT2D eigenvalue weighted by Crippen LogP contribution is -2.14. The Balaban J connectivity index is 1.92. The first-order chi connectivity index (χ1) is 10.0. The number of aryl methyl sites for hydroxylation is 1. The highest BCUT2D eigenvalue weighted by Crippen LogP contribution is 2.19. The number of anilines is 1. The van der Waals surface area contributed by atoms with Gasteiger partial charge in [-0.25, -0.2) is 0 Å². The van der Waals surface area contributed by atoms with Crippen molar-refractivity contribution in [3.8, 4) is 0 Å². The third-order valence-electron chi connectivity index (χ3n) is 2.95. The number of carbonyl (C=O) groups excluding carboxylic acids is 1. The number of hydrogen-bond donors (Lipinski definition) is 1. The van der Waals surface area contributed by atoms with Gasteiger partial charge in [0.05, 0.1) is 0 Å². The maximum atomic E-state index is 11.5. The molecule has 0 saturated carbocycles. The Morgan fingerprint density at radius 2 is 1.90 bits per heavy atom. The normalized spacial score (nSPS) is 10.4. The summed E-state index contributed by atoms with van der Waals surface area (Å²) in [6.45, 7) is 1.50. The molecule has 21 heavy (non-hydrogen) atoms. The summed E-state index contributed by atoms with van der Waals surface area (Å²) in [5, 5.41) is 2.77. The predicted octanol–water partition coefficient (Wildman–Crippen LogP) is 2.78. The summed E-state index contributed by atoms with van der Waals surface area (Å²) in [5.74, 6) is 1.56. The minimum Gasteiger partial charge on any atom is -0.326 e. The molecule has 0 fully saturated rings. The van der Waals surface area contributed by atoms with Gasteiger partial charge in [0, 0.05) is 43.4 Å². The van der Waals surface area contributed by atoms with Crippen molar-refractivity contribution in [1.29, 1.82) is 0 Å². The lowest BCUT2D eigenvalue weighted by atomic mass is 10.2. The molecule has 0 aliphatic carbocycles. The Morgan fingerprint density at radius 1 is 1.19 bits per heavy atom. The first kappa shape index (κ1) is 15.4. The van der Waals surface area contributed by atoms with Crippen molar-refractivity contribution in [3.63, 3.8) is 0 Å². The fourth-order valence-corrected chi connectivity index (χ4v) is 2.84. The maximum Gasteiger partial charge on any atom is 0.250 e. The lowest BCUT2D eigenvalue weighted by molar-refractivity contribution is -0.114. The van der Waals surface area contributed by atoms with Gasteiger partial charge in [-0.3, -0.25) is 9.59 Å². The average molecular weight is 302 g/mol. The lowest BCUT2D eigenvalue weighted by Gasteiger charge is -2.06. The molecule has 0 spiro atoms. The number of aromatic nitrogens is 1. The van der Waals surface area contributed by atoms with Crippen LogP contribution >= 0.6 is 11.8 Å². The van der Waals surface area contributed by atoms with E-state index < -0.39 is 0 Å². The van der Waals surface area contributed by atoms with Crippen molar-refractivity contribution >= 4 is 23.4 Å². The number of nitrogens with zero attached hydrogens (tertiary/aromatic N) is 1. The molecule has 4 nitrogen and oxygen atoms in total. The van der Waals surface area contributed by atoms with Gasteiger partial charge >= 0.3 is 0 Å². The van der Waals surface area contributed by atoms with E-state index in [1.165, 1.54) is 6.92 Å². The molecule has 0 saturated heterocycles. The van der Waals surface area contributed by atoms with Crippen LogP contribution in [0.2, 0.25) is 0 Å². The van der Waals surface area contributed by atoms with Gasteiger partial charge in [-0.15, -0.1) is 0 Å². The summed E-state index contributed by atoms with van der Waals surface area (Å²) >= 11 is 1.74. The van der Waals surface area contributed by atoms with Gasteiger partial charge in [-0.2, -0.15) is 11.8 Å². The van der Waals surface area contributed by atoms with Gasteiger partial charge < -0.3 is 9.88 Å². The third kappa shape index (κ3) is 4.79.